The molecule has 7 nitrogen and oxygen atoms in total. The van der Waals surface area contributed by atoms with Gasteiger partial charge in [0.1, 0.15) is 17.5 Å². The first kappa shape index (κ1) is 23.9. The number of fused-ring (bicyclic) bond motifs is 1. The average Bonchev–Trinajstić information content (AvgIpc) is 2.77. The van der Waals surface area contributed by atoms with Crippen LogP contribution in [-0.2, 0) is 27.7 Å². The molecule has 1 N–H and O–H groups in total. The molecule has 0 unspecified atom stereocenters. The van der Waals surface area contributed by atoms with Gasteiger partial charge in [-0.1, -0.05) is 18.2 Å². The van der Waals surface area contributed by atoms with Crippen molar-refractivity contribution < 1.29 is 22.7 Å². The van der Waals surface area contributed by atoms with Gasteiger partial charge in [0.15, 0.2) is 0 Å². The smallest absolute Gasteiger partial charge is 0.244 e. The minimum absolute atomic E-state index is 0.249. The first-order chi connectivity index (χ1) is 15.2. The monoisotopic (exact) mass is 460 g/mol. The Morgan fingerprint density at radius 3 is 2.31 bits per heavy atom. The second-order valence-corrected chi connectivity index (χ2v) is 10.1. The van der Waals surface area contributed by atoms with Crippen LogP contribution < -0.4 is 19.1 Å². The van der Waals surface area contributed by atoms with Crippen molar-refractivity contribution in [2.45, 2.75) is 51.6 Å². The normalized spacial score (nSPS) is 15.3. The Morgan fingerprint density at radius 2 is 1.69 bits per heavy atom. The quantitative estimate of drug-likeness (QED) is 0.650. The molecule has 8 heteroatoms. The van der Waals surface area contributed by atoms with Crippen LogP contribution in [0.2, 0.25) is 0 Å². The Bertz CT molecular complexity index is 1080. The van der Waals surface area contributed by atoms with Gasteiger partial charge in [-0.05, 0) is 68.4 Å². The number of amides is 1. The second-order valence-electron chi connectivity index (χ2n) is 8.24. The van der Waals surface area contributed by atoms with E-state index in [9.17, 15) is 13.2 Å². The van der Waals surface area contributed by atoms with Crippen molar-refractivity contribution in [3.05, 3.63) is 53.1 Å². The van der Waals surface area contributed by atoms with E-state index in [1.807, 2.05) is 13.0 Å². The van der Waals surface area contributed by atoms with Crippen LogP contribution in [0.5, 0.6) is 11.5 Å². The molecule has 3 rings (SSSR count). The molecule has 32 heavy (non-hydrogen) atoms. The fourth-order valence-electron chi connectivity index (χ4n) is 4.19. The van der Waals surface area contributed by atoms with Crippen LogP contribution in [0, 0.1) is 0 Å². The maximum Gasteiger partial charge on any atom is 0.244 e. The lowest BCUT2D eigenvalue weighted by atomic mass is 9.89. The van der Waals surface area contributed by atoms with Gasteiger partial charge in [-0.3, -0.25) is 9.10 Å². The number of anilines is 1. The predicted octanol–water partition coefficient (Wildman–Crippen LogP) is 3.61. The van der Waals surface area contributed by atoms with Crippen molar-refractivity contribution >= 4 is 21.6 Å². The molecule has 0 saturated carbocycles. The Morgan fingerprint density at radius 1 is 1.00 bits per heavy atom. The van der Waals surface area contributed by atoms with Crippen LogP contribution in [0.1, 0.15) is 49.4 Å². The third kappa shape index (κ3) is 5.18. The molecule has 0 spiro atoms. The van der Waals surface area contributed by atoms with Crippen LogP contribution in [0.15, 0.2) is 36.4 Å². The zero-order valence-electron chi connectivity index (χ0n) is 19.3. The van der Waals surface area contributed by atoms with Gasteiger partial charge in [0.2, 0.25) is 15.9 Å². The molecule has 0 saturated heterocycles. The molecule has 174 valence electrons. The van der Waals surface area contributed by atoms with Crippen molar-refractivity contribution in [3.8, 4) is 11.5 Å². The number of rotatable bonds is 8. The molecule has 1 aliphatic carbocycles. The first-order valence-electron chi connectivity index (χ1n) is 10.8. The molecule has 0 aliphatic heterocycles. The number of benzene rings is 2. The third-order valence-electron chi connectivity index (χ3n) is 5.94. The number of ether oxygens (including phenoxy) is 2. The summed E-state index contributed by atoms with van der Waals surface area (Å²) >= 11 is 0. The van der Waals surface area contributed by atoms with E-state index in [1.54, 1.807) is 25.1 Å². The van der Waals surface area contributed by atoms with E-state index < -0.39 is 22.0 Å². The van der Waals surface area contributed by atoms with Crippen LogP contribution in [0.3, 0.4) is 0 Å². The summed E-state index contributed by atoms with van der Waals surface area (Å²) in [5.74, 6) is 0.397. The second kappa shape index (κ2) is 9.81. The van der Waals surface area contributed by atoms with Crippen LogP contribution in [-0.4, -0.2) is 40.8 Å². The van der Waals surface area contributed by atoms with Gasteiger partial charge in [-0.25, -0.2) is 8.42 Å². The highest BCUT2D eigenvalue weighted by atomic mass is 32.2. The molecule has 1 amide bonds. The average molecular weight is 461 g/mol. The number of nitrogens with one attached hydrogen (secondary N) is 1. The van der Waals surface area contributed by atoms with E-state index in [1.165, 1.54) is 38.2 Å². The van der Waals surface area contributed by atoms with Gasteiger partial charge in [-0.2, -0.15) is 0 Å². The summed E-state index contributed by atoms with van der Waals surface area (Å²) in [6, 6.07) is 9.93. The zero-order chi connectivity index (χ0) is 23.5. The molecule has 0 fully saturated rings. The Labute approximate surface area is 190 Å². The molecule has 2 aromatic carbocycles. The van der Waals surface area contributed by atoms with Crippen molar-refractivity contribution in [3.63, 3.8) is 0 Å². The van der Waals surface area contributed by atoms with Crippen molar-refractivity contribution in [1.82, 2.24) is 5.32 Å². The van der Waals surface area contributed by atoms with E-state index in [0.29, 0.717) is 11.5 Å². The van der Waals surface area contributed by atoms with Gasteiger partial charge in [0, 0.05) is 6.07 Å². The highest BCUT2D eigenvalue weighted by Crippen LogP contribution is 2.35. The van der Waals surface area contributed by atoms with Crippen molar-refractivity contribution in [1.29, 1.82) is 0 Å². The standard InChI is InChI=1S/C24H32N2O5S/c1-16(19-11-10-18-8-6-7-9-20(18)14-19)25-24(27)17(2)26(32(5,28)29)22-15-21(30-3)12-13-23(22)31-4/h10-17H,6-9H2,1-5H3,(H,25,27)/t16-,17-/m1/s1. The maximum absolute atomic E-state index is 13.1. The molecular formula is C24H32N2O5S. The number of carbonyl (C=O) groups excluding carboxylic acids is 1. The molecule has 2 aromatic rings. The summed E-state index contributed by atoms with van der Waals surface area (Å²) in [7, 11) is -0.849. The van der Waals surface area contributed by atoms with Crippen LogP contribution in [0.4, 0.5) is 5.69 Å². The van der Waals surface area contributed by atoms with Gasteiger partial charge < -0.3 is 14.8 Å². The number of sulfonamides is 1. The number of hydrogen-bond acceptors (Lipinski definition) is 5. The molecular weight excluding hydrogens is 428 g/mol. The number of hydrogen-bond donors (Lipinski definition) is 1. The SMILES string of the molecule is COc1ccc(OC)c(N([C@H](C)C(=O)N[C@H](C)c2ccc3c(c2)CCCC3)S(C)(=O)=O)c1. The van der Waals surface area contributed by atoms with E-state index in [-0.39, 0.29) is 11.7 Å². The molecule has 0 heterocycles. The lowest BCUT2D eigenvalue weighted by Crippen LogP contribution is -2.48. The summed E-state index contributed by atoms with van der Waals surface area (Å²) in [6.45, 7) is 3.47. The molecule has 0 aromatic heterocycles. The van der Waals surface area contributed by atoms with Crippen LogP contribution >= 0.6 is 0 Å². The molecule has 0 bridgehead atoms. The summed E-state index contributed by atoms with van der Waals surface area (Å²) in [5, 5.41) is 2.97. The highest BCUT2D eigenvalue weighted by molar-refractivity contribution is 7.92. The lowest BCUT2D eigenvalue weighted by Gasteiger charge is -2.30. The minimum Gasteiger partial charge on any atom is -0.497 e. The van der Waals surface area contributed by atoms with E-state index in [2.05, 4.69) is 17.4 Å². The fourth-order valence-corrected chi connectivity index (χ4v) is 5.36. The Hall–Kier alpha value is -2.74. The lowest BCUT2D eigenvalue weighted by molar-refractivity contribution is -0.122. The van der Waals surface area contributed by atoms with E-state index in [0.717, 1.165) is 29.0 Å². The summed E-state index contributed by atoms with van der Waals surface area (Å²) in [5.41, 5.74) is 3.97. The number of nitrogens with zero attached hydrogens (tertiary/aromatic N) is 1. The van der Waals surface area contributed by atoms with Crippen LogP contribution in [0.25, 0.3) is 0 Å². The minimum atomic E-state index is -3.80. The topological polar surface area (TPSA) is 84.9 Å². The summed E-state index contributed by atoms with van der Waals surface area (Å²) in [6.07, 6.45) is 5.62. The summed E-state index contributed by atoms with van der Waals surface area (Å²) in [4.78, 5) is 13.1. The molecule has 1 aliphatic rings. The van der Waals surface area contributed by atoms with Crippen molar-refractivity contribution in [2.75, 3.05) is 24.8 Å². The first-order valence-corrected chi connectivity index (χ1v) is 12.6. The maximum atomic E-state index is 13.1. The van der Waals surface area contributed by atoms with Crippen molar-refractivity contribution in [2.24, 2.45) is 0 Å². The van der Waals surface area contributed by atoms with E-state index >= 15 is 0 Å². The Kier molecular flexibility index (Phi) is 7.33. The zero-order valence-corrected chi connectivity index (χ0v) is 20.2. The van der Waals surface area contributed by atoms with Gasteiger partial charge in [0.05, 0.1) is 32.2 Å². The van der Waals surface area contributed by atoms with Gasteiger partial charge in [-0.15, -0.1) is 0 Å². The third-order valence-corrected chi connectivity index (χ3v) is 7.17. The van der Waals surface area contributed by atoms with Gasteiger partial charge >= 0.3 is 0 Å². The highest BCUT2D eigenvalue weighted by Gasteiger charge is 2.32. The number of aryl methyl sites for hydroxylation is 2. The largest absolute Gasteiger partial charge is 0.497 e. The number of methoxy groups -OCH3 is 2. The number of carbonyl (C=O) groups is 1. The Balaban J connectivity index is 1.86. The predicted molar refractivity (Wildman–Crippen MR) is 126 cm³/mol. The summed E-state index contributed by atoms with van der Waals surface area (Å²) < 4.78 is 37.1. The van der Waals surface area contributed by atoms with E-state index in [4.69, 9.17) is 9.47 Å². The molecule has 0 radical (unpaired) electrons. The molecule has 2 atom stereocenters. The fraction of sp³-hybridized carbons (Fsp3) is 0.458. The van der Waals surface area contributed by atoms with Gasteiger partial charge in [0.25, 0.3) is 0 Å².